The summed E-state index contributed by atoms with van der Waals surface area (Å²) in [5, 5.41) is 0. The molecular formula is C17H18F3N3. The van der Waals surface area contributed by atoms with Gasteiger partial charge in [0.05, 0.1) is 18.3 Å². The molecule has 2 aliphatic heterocycles. The van der Waals surface area contributed by atoms with Gasteiger partial charge in [-0.15, -0.1) is 0 Å². The Balaban J connectivity index is 1.71. The molecule has 0 bridgehead atoms. The highest BCUT2D eigenvalue weighted by Crippen LogP contribution is 2.37. The van der Waals surface area contributed by atoms with Crippen LogP contribution >= 0.6 is 0 Å². The van der Waals surface area contributed by atoms with E-state index < -0.39 is 12.6 Å². The molecule has 3 nitrogen and oxygen atoms in total. The molecule has 0 saturated carbocycles. The van der Waals surface area contributed by atoms with Crippen molar-refractivity contribution >= 4 is 6.21 Å². The first-order valence-electron chi connectivity index (χ1n) is 7.51. The van der Waals surface area contributed by atoms with Gasteiger partial charge in [-0.3, -0.25) is 9.98 Å². The van der Waals surface area contributed by atoms with Crippen molar-refractivity contribution in [2.75, 3.05) is 6.54 Å². The highest BCUT2D eigenvalue weighted by Gasteiger charge is 2.32. The van der Waals surface area contributed by atoms with Crippen molar-refractivity contribution in [2.24, 2.45) is 4.99 Å². The van der Waals surface area contributed by atoms with Gasteiger partial charge in [0.1, 0.15) is 0 Å². The van der Waals surface area contributed by atoms with Crippen molar-refractivity contribution in [1.29, 1.82) is 0 Å². The second kappa shape index (κ2) is 5.51. The monoisotopic (exact) mass is 321 g/mol. The molecule has 3 rings (SSSR count). The molecule has 23 heavy (non-hydrogen) atoms. The van der Waals surface area contributed by atoms with E-state index in [1.165, 1.54) is 0 Å². The van der Waals surface area contributed by atoms with Gasteiger partial charge in [0.2, 0.25) is 0 Å². The van der Waals surface area contributed by atoms with Crippen molar-refractivity contribution in [3.63, 3.8) is 0 Å². The van der Waals surface area contributed by atoms with E-state index in [0.717, 1.165) is 34.6 Å². The van der Waals surface area contributed by atoms with Crippen LogP contribution in [0.4, 0.5) is 13.2 Å². The Hall–Kier alpha value is -2.11. The van der Waals surface area contributed by atoms with E-state index in [1.807, 2.05) is 26.1 Å². The highest BCUT2D eigenvalue weighted by molar-refractivity contribution is 5.93. The number of hydrogen-bond acceptors (Lipinski definition) is 3. The largest absolute Gasteiger partial charge is 0.389 e. The smallest absolute Gasteiger partial charge is 0.359 e. The van der Waals surface area contributed by atoms with Crippen LogP contribution in [-0.2, 0) is 6.42 Å². The standard InChI is InChI=1S/C17H18F3N3/c1-10-6-13(7-21-15(10)4-5-17(18,19)20)11(2)23-9-16-14(8-22-16)12(23)3/h6-8,11H,3-5,9H2,1-2H3. The summed E-state index contributed by atoms with van der Waals surface area (Å²) in [4.78, 5) is 10.6. The first kappa shape index (κ1) is 15.8. The maximum Gasteiger partial charge on any atom is 0.389 e. The predicted octanol–water partition coefficient (Wildman–Crippen LogP) is 4.11. The summed E-state index contributed by atoms with van der Waals surface area (Å²) in [6.45, 7) is 8.67. The number of halogens is 3. The van der Waals surface area contributed by atoms with E-state index in [4.69, 9.17) is 0 Å². The lowest BCUT2D eigenvalue weighted by Gasteiger charge is -2.28. The van der Waals surface area contributed by atoms with Crippen LogP contribution in [-0.4, -0.2) is 28.8 Å². The topological polar surface area (TPSA) is 28.5 Å². The summed E-state index contributed by atoms with van der Waals surface area (Å²) in [6, 6.07) is 1.98. The Bertz CT molecular complexity index is 716. The van der Waals surface area contributed by atoms with Gasteiger partial charge in [0.25, 0.3) is 0 Å². The minimum Gasteiger partial charge on any atom is -0.359 e. The predicted molar refractivity (Wildman–Crippen MR) is 83.1 cm³/mol. The first-order chi connectivity index (χ1) is 10.8. The summed E-state index contributed by atoms with van der Waals surface area (Å²) in [6.07, 6.45) is -1.58. The molecule has 1 unspecified atom stereocenters. The zero-order valence-corrected chi connectivity index (χ0v) is 13.1. The Morgan fingerprint density at radius 3 is 2.61 bits per heavy atom. The molecule has 0 N–H and O–H groups in total. The second-order valence-corrected chi connectivity index (χ2v) is 6.02. The molecule has 2 aliphatic rings. The summed E-state index contributed by atoms with van der Waals surface area (Å²) in [5.41, 5.74) is 5.37. The van der Waals surface area contributed by atoms with Crippen LogP contribution in [0.15, 0.2) is 40.8 Å². The SMILES string of the molecule is C=C1C2=C(CN1C(C)c1cnc(CCC(F)(F)F)c(C)c1)N=C2. The Kier molecular flexibility index (Phi) is 3.78. The third-order valence-electron chi connectivity index (χ3n) is 4.44. The molecule has 6 heteroatoms. The zero-order chi connectivity index (χ0) is 16.8. The van der Waals surface area contributed by atoms with Crippen LogP contribution in [0.25, 0.3) is 0 Å². The molecule has 0 fully saturated rings. The van der Waals surface area contributed by atoms with Gasteiger partial charge in [-0.1, -0.05) is 12.6 Å². The summed E-state index contributed by atoms with van der Waals surface area (Å²) in [5.74, 6) is 0. The van der Waals surface area contributed by atoms with Gasteiger partial charge in [0.15, 0.2) is 0 Å². The van der Waals surface area contributed by atoms with Gasteiger partial charge in [0, 0.05) is 35.8 Å². The van der Waals surface area contributed by atoms with Gasteiger partial charge in [-0.05, 0) is 31.4 Å². The van der Waals surface area contributed by atoms with E-state index in [9.17, 15) is 13.2 Å². The number of nitrogens with zero attached hydrogens (tertiary/aromatic N) is 3. The quantitative estimate of drug-likeness (QED) is 0.835. The molecule has 3 heterocycles. The van der Waals surface area contributed by atoms with Crippen molar-refractivity contribution in [1.82, 2.24) is 9.88 Å². The van der Waals surface area contributed by atoms with E-state index in [1.54, 1.807) is 6.20 Å². The molecule has 122 valence electrons. The highest BCUT2D eigenvalue weighted by atomic mass is 19.4. The van der Waals surface area contributed by atoms with E-state index in [-0.39, 0.29) is 12.5 Å². The third kappa shape index (κ3) is 3.02. The number of allylic oxidation sites excluding steroid dienone is 1. The van der Waals surface area contributed by atoms with E-state index >= 15 is 0 Å². The van der Waals surface area contributed by atoms with Gasteiger partial charge >= 0.3 is 6.18 Å². The van der Waals surface area contributed by atoms with Crippen molar-refractivity contribution < 1.29 is 13.2 Å². The number of hydrogen-bond donors (Lipinski definition) is 0. The number of rotatable bonds is 4. The lowest BCUT2D eigenvalue weighted by molar-refractivity contribution is -0.134. The molecule has 0 aromatic carbocycles. The van der Waals surface area contributed by atoms with Gasteiger partial charge < -0.3 is 4.90 Å². The van der Waals surface area contributed by atoms with Crippen molar-refractivity contribution in [2.45, 2.75) is 38.9 Å². The lowest BCUT2D eigenvalue weighted by atomic mass is 10.0. The second-order valence-electron chi connectivity index (χ2n) is 6.02. The molecule has 0 aliphatic carbocycles. The number of alkyl halides is 3. The molecule has 0 radical (unpaired) electrons. The van der Waals surface area contributed by atoms with Crippen LogP contribution in [0.3, 0.4) is 0 Å². The molecular weight excluding hydrogens is 303 g/mol. The fraction of sp³-hybridized carbons (Fsp3) is 0.412. The normalized spacial score (nSPS) is 18.3. The maximum atomic E-state index is 12.3. The van der Waals surface area contributed by atoms with E-state index in [2.05, 4.69) is 21.5 Å². The van der Waals surface area contributed by atoms with Gasteiger partial charge in [-0.25, -0.2) is 0 Å². The van der Waals surface area contributed by atoms with Crippen LogP contribution < -0.4 is 0 Å². The number of pyridine rings is 1. The molecule has 1 aromatic rings. The van der Waals surface area contributed by atoms with Crippen LogP contribution in [0.5, 0.6) is 0 Å². The number of aliphatic imine (C=N–C) groups is 1. The fourth-order valence-corrected chi connectivity index (χ4v) is 2.92. The minimum absolute atomic E-state index is 0.0552. The Morgan fingerprint density at radius 2 is 2.13 bits per heavy atom. The molecule has 1 atom stereocenters. The maximum absolute atomic E-state index is 12.3. The summed E-state index contributed by atoms with van der Waals surface area (Å²) in [7, 11) is 0. The first-order valence-corrected chi connectivity index (χ1v) is 7.51. The van der Waals surface area contributed by atoms with Crippen molar-refractivity contribution in [3.8, 4) is 0 Å². The molecule has 0 amide bonds. The Morgan fingerprint density at radius 1 is 1.39 bits per heavy atom. The molecule has 0 saturated heterocycles. The average molecular weight is 321 g/mol. The van der Waals surface area contributed by atoms with E-state index in [0.29, 0.717) is 5.69 Å². The average Bonchev–Trinajstić information content (AvgIpc) is 2.65. The van der Waals surface area contributed by atoms with Gasteiger partial charge in [-0.2, -0.15) is 13.2 Å². The zero-order valence-electron chi connectivity index (χ0n) is 13.1. The van der Waals surface area contributed by atoms with Crippen LogP contribution in [0, 0.1) is 6.92 Å². The summed E-state index contributed by atoms with van der Waals surface area (Å²) < 4.78 is 37.0. The van der Waals surface area contributed by atoms with Crippen LogP contribution in [0.1, 0.15) is 36.2 Å². The fourth-order valence-electron chi connectivity index (χ4n) is 2.92. The minimum atomic E-state index is -4.15. The summed E-state index contributed by atoms with van der Waals surface area (Å²) >= 11 is 0. The molecule has 0 spiro atoms. The Labute approximate surface area is 133 Å². The van der Waals surface area contributed by atoms with Crippen LogP contribution in [0.2, 0.25) is 0 Å². The number of aryl methyl sites for hydroxylation is 2. The lowest BCUT2D eigenvalue weighted by Crippen LogP contribution is -2.23. The number of aromatic nitrogens is 1. The molecule has 1 aromatic heterocycles. The third-order valence-corrected chi connectivity index (χ3v) is 4.44. The van der Waals surface area contributed by atoms with Crippen molar-refractivity contribution in [3.05, 3.63) is 52.6 Å².